The number of nitrogens with zero attached hydrogens (tertiary/aromatic N) is 5. The molecule has 0 radical (unpaired) electrons. The first-order chi connectivity index (χ1) is 18.3. The molecule has 11 heteroatoms. The molecule has 0 unspecified atom stereocenters. The maximum absolute atomic E-state index is 14.9. The van der Waals surface area contributed by atoms with Crippen LogP contribution < -0.4 is 5.32 Å². The van der Waals surface area contributed by atoms with Gasteiger partial charge in [0.1, 0.15) is 29.5 Å². The van der Waals surface area contributed by atoms with E-state index < -0.39 is 17.5 Å². The Labute approximate surface area is 216 Å². The van der Waals surface area contributed by atoms with E-state index in [1.54, 1.807) is 34.6 Å². The van der Waals surface area contributed by atoms with Crippen LogP contribution in [0.1, 0.15) is 44.8 Å². The molecule has 3 heterocycles. The topological polar surface area (TPSA) is 113 Å². The van der Waals surface area contributed by atoms with Gasteiger partial charge in [-0.05, 0) is 73.0 Å². The summed E-state index contributed by atoms with van der Waals surface area (Å²) in [6.45, 7) is 2.25. The van der Waals surface area contributed by atoms with E-state index in [0.29, 0.717) is 35.6 Å². The summed E-state index contributed by atoms with van der Waals surface area (Å²) in [6, 6.07) is 12.7. The third-order valence-electron chi connectivity index (χ3n) is 6.46. The number of benzene rings is 2. The van der Waals surface area contributed by atoms with Gasteiger partial charge in [0.15, 0.2) is 5.82 Å². The zero-order valence-corrected chi connectivity index (χ0v) is 20.4. The van der Waals surface area contributed by atoms with E-state index in [0.717, 1.165) is 5.56 Å². The molecule has 0 saturated heterocycles. The van der Waals surface area contributed by atoms with E-state index in [1.807, 2.05) is 0 Å². The number of aromatic nitrogens is 4. The molecule has 1 atom stereocenters. The third-order valence-corrected chi connectivity index (χ3v) is 6.46. The van der Waals surface area contributed by atoms with Crippen molar-refractivity contribution in [2.75, 3.05) is 18.5 Å². The Bertz CT molecular complexity index is 1510. The number of fused-ring (bicyclic) bond motifs is 1. The van der Waals surface area contributed by atoms with Crippen LogP contribution >= 0.6 is 0 Å². The molecule has 0 fully saturated rings. The lowest BCUT2D eigenvalue weighted by Gasteiger charge is -2.29. The van der Waals surface area contributed by atoms with Crippen LogP contribution in [-0.2, 0) is 13.0 Å². The number of nitrogens with one attached hydrogen (secondary N) is 1. The summed E-state index contributed by atoms with van der Waals surface area (Å²) in [7, 11) is 0. The van der Waals surface area contributed by atoms with Gasteiger partial charge < -0.3 is 19.9 Å². The minimum Gasteiger partial charge on any atom is -0.394 e. The van der Waals surface area contributed by atoms with Gasteiger partial charge in [0.05, 0.1) is 18.2 Å². The van der Waals surface area contributed by atoms with Gasteiger partial charge in [-0.25, -0.2) is 13.8 Å². The lowest BCUT2D eigenvalue weighted by atomic mass is 9.96. The molecule has 38 heavy (non-hydrogen) atoms. The lowest BCUT2D eigenvalue weighted by Crippen LogP contribution is -2.36. The number of anilines is 1. The van der Waals surface area contributed by atoms with Gasteiger partial charge in [0.25, 0.3) is 11.8 Å². The van der Waals surface area contributed by atoms with E-state index in [4.69, 9.17) is 0 Å². The van der Waals surface area contributed by atoms with Gasteiger partial charge in [-0.2, -0.15) is 0 Å². The van der Waals surface area contributed by atoms with Crippen LogP contribution in [0, 0.1) is 11.6 Å². The Kier molecular flexibility index (Phi) is 6.93. The summed E-state index contributed by atoms with van der Waals surface area (Å²) in [5, 5.41) is 20.0. The number of hydrogen-bond acceptors (Lipinski definition) is 6. The summed E-state index contributed by atoms with van der Waals surface area (Å²) < 4.78 is 29.8. The standard InChI is InChI=1S/C27H24F2N6O3/c1-16(14-36)35-15-30-33-25(35)23-3-2-4-24(31-23)32-26(37)21-11-19-13-34(10-9-18(19)12-22(21)29)27(38)17-5-7-20(28)8-6-17/h2-8,11-12,15-16,36H,9-10,13-14H2,1H3,(H,31,32,37)/t16-/m1/s1. The van der Waals surface area contributed by atoms with E-state index >= 15 is 0 Å². The van der Waals surface area contributed by atoms with Crippen molar-refractivity contribution in [3.8, 4) is 11.5 Å². The SMILES string of the molecule is C[C@H](CO)n1cnnc1-c1cccc(NC(=O)c2cc3c(cc2F)CCN(C(=O)c2ccc(F)cc2)C3)n1. The van der Waals surface area contributed by atoms with Gasteiger partial charge in [-0.3, -0.25) is 9.59 Å². The van der Waals surface area contributed by atoms with Gasteiger partial charge in [0.2, 0.25) is 0 Å². The minimum atomic E-state index is -0.692. The van der Waals surface area contributed by atoms with Crippen LogP contribution in [0.4, 0.5) is 14.6 Å². The Morgan fingerprint density at radius 3 is 2.66 bits per heavy atom. The highest BCUT2D eigenvalue weighted by Gasteiger charge is 2.25. The Morgan fingerprint density at radius 1 is 1.11 bits per heavy atom. The lowest BCUT2D eigenvalue weighted by molar-refractivity contribution is 0.0734. The number of hydrogen-bond donors (Lipinski definition) is 2. The zero-order valence-electron chi connectivity index (χ0n) is 20.4. The molecule has 0 bridgehead atoms. The van der Waals surface area contributed by atoms with Crippen molar-refractivity contribution in [1.29, 1.82) is 0 Å². The van der Waals surface area contributed by atoms with Crippen molar-refractivity contribution < 1.29 is 23.5 Å². The molecule has 9 nitrogen and oxygen atoms in total. The van der Waals surface area contributed by atoms with Crippen molar-refractivity contribution in [1.82, 2.24) is 24.6 Å². The average molecular weight is 519 g/mol. The molecule has 1 aliphatic rings. The quantitative estimate of drug-likeness (QED) is 0.403. The first kappa shape index (κ1) is 25.2. The average Bonchev–Trinajstić information content (AvgIpc) is 3.42. The molecular formula is C27H24F2N6O3. The molecule has 2 N–H and O–H groups in total. The number of carbonyl (C=O) groups excluding carboxylic acids is 2. The Morgan fingerprint density at radius 2 is 1.89 bits per heavy atom. The normalized spacial score (nSPS) is 13.6. The van der Waals surface area contributed by atoms with Crippen molar-refractivity contribution in [2.45, 2.75) is 25.9 Å². The fourth-order valence-corrected chi connectivity index (χ4v) is 4.35. The predicted molar refractivity (Wildman–Crippen MR) is 134 cm³/mol. The molecule has 5 rings (SSSR count). The molecule has 194 valence electrons. The fourth-order valence-electron chi connectivity index (χ4n) is 4.35. The van der Waals surface area contributed by atoms with E-state index in [2.05, 4.69) is 20.5 Å². The second-order valence-corrected chi connectivity index (χ2v) is 9.04. The van der Waals surface area contributed by atoms with Crippen LogP contribution in [0.15, 0.2) is 60.9 Å². The zero-order chi connectivity index (χ0) is 26.8. The first-order valence-electron chi connectivity index (χ1n) is 12.0. The van der Waals surface area contributed by atoms with E-state index in [1.165, 1.54) is 42.7 Å². The second kappa shape index (κ2) is 10.5. The summed E-state index contributed by atoms with van der Waals surface area (Å²) >= 11 is 0. The van der Waals surface area contributed by atoms with Crippen molar-refractivity contribution in [3.05, 3.63) is 94.8 Å². The molecular weight excluding hydrogens is 494 g/mol. The number of carbonyl (C=O) groups is 2. The molecule has 2 amide bonds. The molecule has 0 saturated carbocycles. The van der Waals surface area contributed by atoms with Crippen LogP contribution in [0.3, 0.4) is 0 Å². The molecule has 2 aromatic carbocycles. The number of halogens is 2. The maximum Gasteiger partial charge on any atom is 0.259 e. The number of aliphatic hydroxyl groups excluding tert-OH is 1. The maximum atomic E-state index is 14.9. The highest BCUT2D eigenvalue weighted by molar-refractivity contribution is 6.04. The molecule has 4 aromatic rings. The van der Waals surface area contributed by atoms with E-state index in [-0.39, 0.29) is 36.5 Å². The van der Waals surface area contributed by atoms with Crippen LogP contribution in [0.2, 0.25) is 0 Å². The highest BCUT2D eigenvalue weighted by atomic mass is 19.1. The first-order valence-corrected chi connectivity index (χ1v) is 12.0. The smallest absolute Gasteiger partial charge is 0.259 e. The number of amides is 2. The monoisotopic (exact) mass is 518 g/mol. The highest BCUT2D eigenvalue weighted by Crippen LogP contribution is 2.25. The summed E-state index contributed by atoms with van der Waals surface area (Å²) in [5.41, 5.74) is 1.97. The summed E-state index contributed by atoms with van der Waals surface area (Å²) in [5.74, 6) is -1.47. The fraction of sp³-hybridized carbons (Fsp3) is 0.222. The van der Waals surface area contributed by atoms with Gasteiger partial charge in [-0.1, -0.05) is 6.07 Å². The van der Waals surface area contributed by atoms with Crippen LogP contribution in [0.5, 0.6) is 0 Å². The summed E-state index contributed by atoms with van der Waals surface area (Å²) in [4.78, 5) is 31.9. The van der Waals surface area contributed by atoms with E-state index in [9.17, 15) is 23.5 Å². The Hall–Kier alpha value is -4.51. The van der Waals surface area contributed by atoms with Crippen molar-refractivity contribution >= 4 is 17.6 Å². The van der Waals surface area contributed by atoms with Crippen LogP contribution in [-0.4, -0.2) is 54.7 Å². The molecule has 0 aliphatic carbocycles. The summed E-state index contributed by atoms with van der Waals surface area (Å²) in [6.07, 6.45) is 1.91. The third kappa shape index (κ3) is 5.00. The van der Waals surface area contributed by atoms with Crippen molar-refractivity contribution in [3.63, 3.8) is 0 Å². The predicted octanol–water partition coefficient (Wildman–Crippen LogP) is 3.62. The number of pyridine rings is 1. The molecule has 2 aromatic heterocycles. The van der Waals surface area contributed by atoms with Gasteiger partial charge in [-0.15, -0.1) is 10.2 Å². The second-order valence-electron chi connectivity index (χ2n) is 9.04. The number of aliphatic hydroxyl groups is 1. The van der Waals surface area contributed by atoms with Gasteiger partial charge in [0, 0.05) is 18.7 Å². The molecule has 1 aliphatic heterocycles. The molecule has 0 spiro atoms. The largest absolute Gasteiger partial charge is 0.394 e. The number of rotatable bonds is 6. The minimum absolute atomic E-state index is 0.119. The van der Waals surface area contributed by atoms with Gasteiger partial charge >= 0.3 is 0 Å². The van der Waals surface area contributed by atoms with Crippen molar-refractivity contribution in [2.24, 2.45) is 0 Å². The van der Waals surface area contributed by atoms with Crippen LogP contribution in [0.25, 0.3) is 11.5 Å². The Balaban J connectivity index is 1.35.